The summed E-state index contributed by atoms with van der Waals surface area (Å²) < 4.78 is 40.2. The average Bonchev–Trinajstić information content (AvgIpc) is 3.14. The first-order valence-corrected chi connectivity index (χ1v) is 9.46. The summed E-state index contributed by atoms with van der Waals surface area (Å²) in [6, 6.07) is 7.05. The maximum Gasteiger partial charge on any atom is 0.387 e. The Morgan fingerprint density at radius 3 is 2.86 bits per heavy atom. The topological polar surface area (TPSA) is 67.4 Å². The molecule has 0 bridgehead atoms. The van der Waals surface area contributed by atoms with Crippen LogP contribution in [-0.2, 0) is 9.47 Å². The number of hydrogen-bond acceptors (Lipinski definition) is 5. The van der Waals surface area contributed by atoms with Crippen molar-refractivity contribution in [2.45, 2.75) is 25.5 Å². The molecule has 2 rings (SSSR count). The van der Waals surface area contributed by atoms with Crippen molar-refractivity contribution < 1.29 is 23.0 Å². The van der Waals surface area contributed by atoms with Gasteiger partial charge in [0.15, 0.2) is 5.96 Å². The molecule has 1 unspecified atom stereocenters. The van der Waals surface area contributed by atoms with Gasteiger partial charge in [0, 0.05) is 46.4 Å². The fourth-order valence-corrected chi connectivity index (χ4v) is 3.02. The zero-order valence-electron chi connectivity index (χ0n) is 16.5. The van der Waals surface area contributed by atoms with Crippen LogP contribution in [-0.4, -0.2) is 72.2 Å². The summed E-state index contributed by atoms with van der Waals surface area (Å²) >= 11 is 0. The largest absolute Gasteiger partial charge is 0.433 e. The van der Waals surface area contributed by atoms with Gasteiger partial charge in [-0.3, -0.25) is 4.99 Å². The predicted octanol–water partition coefficient (Wildman–Crippen LogP) is 2.08. The van der Waals surface area contributed by atoms with Gasteiger partial charge in [0.25, 0.3) is 0 Å². The Bertz CT molecular complexity index is 604. The molecule has 2 N–H and O–H groups in total. The van der Waals surface area contributed by atoms with Crippen LogP contribution in [0.5, 0.6) is 5.75 Å². The van der Waals surface area contributed by atoms with E-state index in [2.05, 4.69) is 20.4 Å². The van der Waals surface area contributed by atoms with Crippen LogP contribution >= 0.6 is 0 Å². The van der Waals surface area contributed by atoms with Crippen molar-refractivity contribution in [3.05, 3.63) is 24.3 Å². The van der Waals surface area contributed by atoms with Crippen LogP contribution in [0.1, 0.15) is 12.8 Å². The Morgan fingerprint density at radius 2 is 2.11 bits per heavy atom. The highest BCUT2D eigenvalue weighted by Gasteiger charge is 2.25. The first-order chi connectivity index (χ1) is 13.6. The highest BCUT2D eigenvalue weighted by molar-refractivity contribution is 5.80. The average molecular weight is 400 g/mol. The van der Waals surface area contributed by atoms with Gasteiger partial charge in [-0.1, -0.05) is 12.1 Å². The van der Waals surface area contributed by atoms with Crippen LogP contribution in [0.4, 0.5) is 14.5 Å². The van der Waals surface area contributed by atoms with Crippen LogP contribution in [0.3, 0.4) is 0 Å². The molecule has 1 aliphatic rings. The highest BCUT2D eigenvalue weighted by atomic mass is 19.3. The molecule has 1 fully saturated rings. The van der Waals surface area contributed by atoms with Gasteiger partial charge in [0.1, 0.15) is 5.75 Å². The smallest absolute Gasteiger partial charge is 0.387 e. The summed E-state index contributed by atoms with van der Waals surface area (Å²) in [5, 5.41) is 6.65. The second kappa shape index (κ2) is 12.4. The third-order valence-corrected chi connectivity index (χ3v) is 4.36. The van der Waals surface area contributed by atoms with Gasteiger partial charge >= 0.3 is 6.61 Å². The lowest BCUT2D eigenvalue weighted by molar-refractivity contribution is -0.0495. The number of ether oxygens (including phenoxy) is 3. The predicted molar refractivity (Wildman–Crippen MR) is 106 cm³/mol. The van der Waals surface area contributed by atoms with E-state index >= 15 is 0 Å². The number of para-hydroxylation sites is 2. The van der Waals surface area contributed by atoms with Gasteiger partial charge < -0.3 is 29.7 Å². The Balaban J connectivity index is 1.76. The summed E-state index contributed by atoms with van der Waals surface area (Å²) in [7, 11) is 3.37. The number of nitrogens with one attached hydrogen (secondary N) is 2. The van der Waals surface area contributed by atoms with Crippen molar-refractivity contribution in [2.24, 2.45) is 4.99 Å². The maximum atomic E-state index is 12.6. The molecule has 1 heterocycles. The Hall–Kier alpha value is -2.13. The third-order valence-electron chi connectivity index (χ3n) is 4.36. The molecule has 1 aromatic rings. The summed E-state index contributed by atoms with van der Waals surface area (Å²) in [5.74, 6) is 0.926. The molecule has 0 radical (unpaired) electrons. The fraction of sp³-hybridized carbons (Fsp3) is 0.632. The number of alkyl halides is 2. The second-order valence-electron chi connectivity index (χ2n) is 6.38. The van der Waals surface area contributed by atoms with Gasteiger partial charge in [-0.15, -0.1) is 0 Å². The van der Waals surface area contributed by atoms with Gasteiger partial charge in [0.05, 0.1) is 18.9 Å². The highest BCUT2D eigenvalue weighted by Crippen LogP contribution is 2.31. The van der Waals surface area contributed by atoms with E-state index in [-0.39, 0.29) is 11.8 Å². The van der Waals surface area contributed by atoms with Crippen molar-refractivity contribution >= 4 is 11.6 Å². The van der Waals surface area contributed by atoms with E-state index in [1.54, 1.807) is 32.4 Å². The van der Waals surface area contributed by atoms with E-state index in [4.69, 9.17) is 9.47 Å². The molecule has 0 aromatic heterocycles. The lowest BCUT2D eigenvalue weighted by Gasteiger charge is -2.22. The van der Waals surface area contributed by atoms with Crippen LogP contribution in [0.15, 0.2) is 29.3 Å². The molecule has 0 spiro atoms. The Labute approximate surface area is 165 Å². The second-order valence-corrected chi connectivity index (χ2v) is 6.38. The standard InChI is InChI=1S/C19H30F2N4O3/c1-22-19(23-9-5-11-27-13-12-26-2)24-15-8-10-25(14-15)16-6-3-4-7-17(16)28-18(20)21/h3-4,6-7,15,18H,5,8-14H2,1-2H3,(H2,22,23,24). The third kappa shape index (κ3) is 7.47. The van der Waals surface area contributed by atoms with Crippen LogP contribution in [0.2, 0.25) is 0 Å². The summed E-state index contributed by atoms with van der Waals surface area (Å²) in [6.45, 7) is 1.20. The van der Waals surface area contributed by atoms with E-state index < -0.39 is 6.61 Å². The van der Waals surface area contributed by atoms with Crippen LogP contribution < -0.4 is 20.3 Å². The molecule has 1 aliphatic heterocycles. The zero-order valence-corrected chi connectivity index (χ0v) is 16.5. The molecule has 1 atom stereocenters. The van der Waals surface area contributed by atoms with Gasteiger partial charge in [-0.25, -0.2) is 0 Å². The molecule has 28 heavy (non-hydrogen) atoms. The van der Waals surface area contributed by atoms with Crippen molar-refractivity contribution in [2.75, 3.05) is 58.5 Å². The normalized spacial score (nSPS) is 17.2. The summed E-state index contributed by atoms with van der Waals surface area (Å²) in [5.41, 5.74) is 0.684. The molecule has 0 aliphatic carbocycles. The van der Waals surface area contributed by atoms with Crippen molar-refractivity contribution in [3.63, 3.8) is 0 Å². The zero-order chi connectivity index (χ0) is 20.2. The molecule has 1 aromatic carbocycles. The molecule has 158 valence electrons. The number of guanidine groups is 1. The number of rotatable bonds is 11. The number of anilines is 1. The molecular weight excluding hydrogens is 370 g/mol. The van der Waals surface area contributed by atoms with Crippen LogP contribution in [0.25, 0.3) is 0 Å². The summed E-state index contributed by atoms with van der Waals surface area (Å²) in [6.07, 6.45) is 1.74. The minimum Gasteiger partial charge on any atom is -0.433 e. The minimum atomic E-state index is -2.83. The lowest BCUT2D eigenvalue weighted by Crippen LogP contribution is -2.45. The molecule has 1 saturated heterocycles. The van der Waals surface area contributed by atoms with E-state index in [0.29, 0.717) is 32.1 Å². The number of benzene rings is 1. The van der Waals surface area contributed by atoms with E-state index in [1.165, 1.54) is 0 Å². The fourth-order valence-electron chi connectivity index (χ4n) is 3.02. The molecule has 9 heteroatoms. The van der Waals surface area contributed by atoms with Crippen molar-refractivity contribution in [3.8, 4) is 5.75 Å². The SMILES string of the molecule is CN=C(NCCCOCCOC)NC1CCN(c2ccccc2OC(F)F)C1. The van der Waals surface area contributed by atoms with Gasteiger partial charge in [0.2, 0.25) is 0 Å². The number of methoxy groups -OCH3 is 1. The number of nitrogens with zero attached hydrogens (tertiary/aromatic N) is 2. The van der Waals surface area contributed by atoms with Gasteiger partial charge in [-0.05, 0) is 25.0 Å². The van der Waals surface area contributed by atoms with Crippen molar-refractivity contribution in [1.29, 1.82) is 0 Å². The van der Waals surface area contributed by atoms with E-state index in [1.807, 2.05) is 11.0 Å². The molecule has 0 amide bonds. The maximum absolute atomic E-state index is 12.6. The Kier molecular flexibility index (Phi) is 9.78. The molecular formula is C19H30F2N4O3. The first kappa shape index (κ1) is 22.2. The quantitative estimate of drug-likeness (QED) is 0.337. The van der Waals surface area contributed by atoms with Crippen LogP contribution in [0, 0.1) is 0 Å². The number of aliphatic imine (C=N–C) groups is 1. The Morgan fingerprint density at radius 1 is 1.29 bits per heavy atom. The lowest BCUT2D eigenvalue weighted by atomic mass is 10.2. The number of halogens is 2. The molecule has 0 saturated carbocycles. The molecule has 7 nitrogen and oxygen atoms in total. The van der Waals surface area contributed by atoms with Crippen molar-refractivity contribution in [1.82, 2.24) is 10.6 Å². The van der Waals surface area contributed by atoms with E-state index in [9.17, 15) is 8.78 Å². The minimum absolute atomic E-state index is 0.170. The first-order valence-electron chi connectivity index (χ1n) is 9.46. The van der Waals surface area contributed by atoms with E-state index in [0.717, 1.165) is 31.9 Å². The summed E-state index contributed by atoms with van der Waals surface area (Å²) in [4.78, 5) is 6.29. The monoisotopic (exact) mass is 400 g/mol. The number of hydrogen-bond donors (Lipinski definition) is 2. The van der Waals surface area contributed by atoms with Gasteiger partial charge in [-0.2, -0.15) is 8.78 Å².